The van der Waals surface area contributed by atoms with E-state index in [0.717, 1.165) is 5.56 Å². The van der Waals surface area contributed by atoms with Gasteiger partial charge in [0.25, 0.3) is 11.7 Å². The zero-order chi connectivity index (χ0) is 23.4. The van der Waals surface area contributed by atoms with Crippen molar-refractivity contribution in [2.75, 3.05) is 41.6 Å². The van der Waals surface area contributed by atoms with Crippen LogP contribution in [0.25, 0.3) is 5.76 Å². The van der Waals surface area contributed by atoms with Gasteiger partial charge in [0.1, 0.15) is 5.76 Å². The zero-order valence-corrected chi connectivity index (χ0v) is 18.8. The second-order valence-electron chi connectivity index (χ2n) is 7.31. The smallest absolute Gasteiger partial charge is 0.295 e. The van der Waals surface area contributed by atoms with E-state index in [1.807, 2.05) is 19.1 Å². The predicted octanol–water partition coefficient (Wildman–Crippen LogP) is 3.09. The number of hydrogen-bond acceptors (Lipinski definition) is 7. The molecule has 170 valence electrons. The van der Waals surface area contributed by atoms with Gasteiger partial charge in [-0.3, -0.25) is 9.59 Å². The van der Waals surface area contributed by atoms with Gasteiger partial charge in [-0.25, -0.2) is 0 Å². The summed E-state index contributed by atoms with van der Waals surface area (Å²) in [6.45, 7) is 2.30. The van der Waals surface area contributed by atoms with Gasteiger partial charge in [0, 0.05) is 19.2 Å². The fourth-order valence-electron chi connectivity index (χ4n) is 3.77. The summed E-state index contributed by atoms with van der Waals surface area (Å²) in [5.41, 5.74) is 1.97. The molecule has 2 aromatic rings. The van der Waals surface area contributed by atoms with Crippen LogP contribution in [0.15, 0.2) is 42.0 Å². The minimum Gasteiger partial charge on any atom is -0.507 e. The van der Waals surface area contributed by atoms with E-state index in [1.165, 1.54) is 33.3 Å². The van der Waals surface area contributed by atoms with E-state index in [-0.39, 0.29) is 24.5 Å². The molecule has 3 rings (SSSR count). The Labute approximate surface area is 187 Å². The molecule has 0 bridgehead atoms. The zero-order valence-electron chi connectivity index (χ0n) is 18.8. The molecule has 0 aliphatic carbocycles. The lowest BCUT2D eigenvalue weighted by atomic mass is 9.94. The van der Waals surface area contributed by atoms with Crippen molar-refractivity contribution >= 4 is 17.4 Å². The topological polar surface area (TPSA) is 94.5 Å². The molecule has 1 saturated heterocycles. The highest BCUT2D eigenvalue weighted by molar-refractivity contribution is 6.46. The average molecular weight is 441 g/mol. The summed E-state index contributed by atoms with van der Waals surface area (Å²) in [6.07, 6.45) is 0. The molecule has 1 N–H and O–H groups in total. The number of aliphatic hydroxyl groups is 1. The molecule has 32 heavy (non-hydrogen) atoms. The van der Waals surface area contributed by atoms with Gasteiger partial charge in [0.05, 0.1) is 39.6 Å². The molecule has 8 nitrogen and oxygen atoms in total. The number of carbonyl (C=O) groups is 2. The van der Waals surface area contributed by atoms with Crippen LogP contribution in [-0.4, -0.2) is 63.3 Å². The minimum absolute atomic E-state index is 0.00997. The second kappa shape index (κ2) is 9.74. The standard InChI is InChI=1S/C24H27NO7/c1-14-6-8-15(9-7-14)21(26)19-20(25(10-11-29-2)24(28)22(19)27)16-12-17(30-3)23(32-5)18(13-16)31-4/h6-9,12-13,20,26H,10-11H2,1-5H3/b21-19-. The van der Waals surface area contributed by atoms with Crippen molar-refractivity contribution < 1.29 is 33.6 Å². The van der Waals surface area contributed by atoms with Crippen molar-refractivity contribution in [2.24, 2.45) is 0 Å². The first-order valence-electron chi connectivity index (χ1n) is 10.0. The number of hydrogen-bond donors (Lipinski definition) is 1. The van der Waals surface area contributed by atoms with Crippen LogP contribution < -0.4 is 14.2 Å². The van der Waals surface area contributed by atoms with Crippen LogP contribution in [0.3, 0.4) is 0 Å². The van der Waals surface area contributed by atoms with Crippen LogP contribution in [0.4, 0.5) is 0 Å². The Morgan fingerprint density at radius 3 is 2.06 bits per heavy atom. The molecule has 0 radical (unpaired) electrons. The highest BCUT2D eigenvalue weighted by atomic mass is 16.5. The SMILES string of the molecule is COCCN1C(=O)C(=O)/C(=C(\O)c2ccc(C)cc2)C1c1cc(OC)c(OC)c(OC)c1. The monoisotopic (exact) mass is 441 g/mol. The van der Waals surface area contributed by atoms with Crippen LogP contribution in [0.5, 0.6) is 17.2 Å². The van der Waals surface area contributed by atoms with Gasteiger partial charge in [-0.2, -0.15) is 0 Å². The summed E-state index contributed by atoms with van der Waals surface area (Å²) >= 11 is 0. The number of nitrogens with zero attached hydrogens (tertiary/aromatic N) is 1. The minimum atomic E-state index is -0.861. The summed E-state index contributed by atoms with van der Waals surface area (Å²) in [6, 6.07) is 9.54. The van der Waals surface area contributed by atoms with Gasteiger partial charge < -0.3 is 29.0 Å². The molecular weight excluding hydrogens is 414 g/mol. The highest BCUT2D eigenvalue weighted by Crippen LogP contribution is 2.45. The number of carbonyl (C=O) groups excluding carboxylic acids is 2. The van der Waals surface area contributed by atoms with Crippen molar-refractivity contribution in [1.82, 2.24) is 4.90 Å². The third-order valence-corrected chi connectivity index (χ3v) is 5.40. The lowest BCUT2D eigenvalue weighted by Crippen LogP contribution is -2.32. The number of likely N-dealkylation sites (tertiary alicyclic amines) is 1. The fourth-order valence-corrected chi connectivity index (χ4v) is 3.77. The third-order valence-electron chi connectivity index (χ3n) is 5.40. The lowest BCUT2D eigenvalue weighted by Gasteiger charge is -2.26. The van der Waals surface area contributed by atoms with Gasteiger partial charge in [0.2, 0.25) is 5.75 Å². The van der Waals surface area contributed by atoms with Gasteiger partial charge in [0.15, 0.2) is 11.5 Å². The van der Waals surface area contributed by atoms with Crippen molar-refractivity contribution in [1.29, 1.82) is 0 Å². The summed E-state index contributed by atoms with van der Waals surface area (Å²) in [5, 5.41) is 11.1. The molecule has 1 fully saturated rings. The van der Waals surface area contributed by atoms with E-state index in [9.17, 15) is 14.7 Å². The quantitative estimate of drug-likeness (QED) is 0.382. The molecular formula is C24H27NO7. The maximum Gasteiger partial charge on any atom is 0.295 e. The van der Waals surface area contributed by atoms with E-state index in [1.54, 1.807) is 24.3 Å². The van der Waals surface area contributed by atoms with Crippen LogP contribution in [0.1, 0.15) is 22.7 Å². The van der Waals surface area contributed by atoms with Crippen molar-refractivity contribution in [3.8, 4) is 17.2 Å². The fraction of sp³-hybridized carbons (Fsp3) is 0.333. The number of aliphatic hydroxyl groups excluding tert-OH is 1. The first kappa shape index (κ1) is 23.1. The largest absolute Gasteiger partial charge is 0.507 e. The number of Topliss-reactive ketones (excluding diaryl/α,β-unsaturated/α-hetero) is 1. The van der Waals surface area contributed by atoms with Crippen LogP contribution in [0.2, 0.25) is 0 Å². The number of rotatable bonds is 8. The molecule has 1 aliphatic rings. The van der Waals surface area contributed by atoms with Crippen LogP contribution >= 0.6 is 0 Å². The highest BCUT2D eigenvalue weighted by Gasteiger charge is 2.46. The van der Waals surface area contributed by atoms with Crippen molar-refractivity contribution in [2.45, 2.75) is 13.0 Å². The van der Waals surface area contributed by atoms with Gasteiger partial charge in [-0.15, -0.1) is 0 Å². The summed E-state index contributed by atoms with van der Waals surface area (Å²) in [4.78, 5) is 27.3. The van der Waals surface area contributed by atoms with Crippen molar-refractivity contribution in [3.63, 3.8) is 0 Å². The Bertz CT molecular complexity index is 1020. The second-order valence-corrected chi connectivity index (χ2v) is 7.31. The molecule has 1 atom stereocenters. The number of ether oxygens (including phenoxy) is 4. The van der Waals surface area contributed by atoms with Gasteiger partial charge >= 0.3 is 0 Å². The lowest BCUT2D eigenvalue weighted by molar-refractivity contribution is -0.140. The van der Waals surface area contributed by atoms with E-state index >= 15 is 0 Å². The number of amides is 1. The van der Waals surface area contributed by atoms with E-state index in [0.29, 0.717) is 28.4 Å². The van der Waals surface area contributed by atoms with Crippen molar-refractivity contribution in [3.05, 3.63) is 58.7 Å². The number of ketones is 1. The summed E-state index contributed by atoms with van der Waals surface area (Å²) in [5.74, 6) is -0.607. The molecule has 1 heterocycles. The Hall–Kier alpha value is -3.52. The van der Waals surface area contributed by atoms with E-state index in [4.69, 9.17) is 18.9 Å². The molecule has 1 aliphatic heterocycles. The Kier molecular flexibility index (Phi) is 7.05. The third kappa shape index (κ3) is 4.13. The number of methoxy groups -OCH3 is 4. The van der Waals surface area contributed by atoms with Crippen LogP contribution in [-0.2, 0) is 14.3 Å². The molecule has 1 amide bonds. The van der Waals surface area contributed by atoms with E-state index < -0.39 is 17.7 Å². The van der Waals surface area contributed by atoms with E-state index in [2.05, 4.69) is 0 Å². The molecule has 1 unspecified atom stereocenters. The Balaban J connectivity index is 2.25. The van der Waals surface area contributed by atoms with Gasteiger partial charge in [-0.05, 0) is 24.6 Å². The van der Waals surface area contributed by atoms with Crippen LogP contribution in [0, 0.1) is 6.92 Å². The maximum absolute atomic E-state index is 13.0. The molecule has 2 aromatic carbocycles. The number of aryl methyl sites for hydroxylation is 1. The summed E-state index contributed by atoms with van der Waals surface area (Å²) in [7, 11) is 5.96. The molecule has 0 saturated carbocycles. The molecule has 0 spiro atoms. The molecule has 0 aromatic heterocycles. The first-order valence-corrected chi connectivity index (χ1v) is 10.0. The number of benzene rings is 2. The predicted molar refractivity (Wildman–Crippen MR) is 118 cm³/mol. The first-order chi connectivity index (χ1) is 15.4. The summed E-state index contributed by atoms with van der Waals surface area (Å²) < 4.78 is 21.4. The van der Waals surface area contributed by atoms with Gasteiger partial charge in [-0.1, -0.05) is 29.8 Å². The maximum atomic E-state index is 13.0. The normalized spacial score (nSPS) is 17.5. The average Bonchev–Trinajstić information content (AvgIpc) is 3.06. The molecule has 8 heteroatoms. The Morgan fingerprint density at radius 2 is 1.56 bits per heavy atom. The Morgan fingerprint density at radius 1 is 0.969 bits per heavy atom.